The van der Waals surface area contributed by atoms with Crippen molar-refractivity contribution in [2.45, 2.75) is 25.6 Å². The van der Waals surface area contributed by atoms with Crippen molar-refractivity contribution < 1.29 is 32.6 Å². The van der Waals surface area contributed by atoms with Crippen molar-refractivity contribution in [3.8, 4) is 17.1 Å². The lowest BCUT2D eigenvalue weighted by Crippen LogP contribution is -2.33. The lowest BCUT2D eigenvalue weighted by molar-refractivity contribution is -0.115. The Morgan fingerprint density at radius 1 is 1.00 bits per heavy atom. The first-order valence-corrected chi connectivity index (χ1v) is 13.9. The van der Waals surface area contributed by atoms with Crippen molar-refractivity contribution in [3.05, 3.63) is 106 Å². The first-order valence-electron chi connectivity index (χ1n) is 13.5. The number of carbonyl (C=O) groups is 2. The van der Waals surface area contributed by atoms with Gasteiger partial charge >= 0.3 is 5.97 Å². The van der Waals surface area contributed by atoms with Crippen molar-refractivity contribution >= 4 is 34.9 Å². The van der Waals surface area contributed by atoms with Crippen LogP contribution in [0.15, 0.2) is 72.8 Å². The highest BCUT2D eigenvalue weighted by atomic mass is 35.5. The highest BCUT2D eigenvalue weighted by molar-refractivity contribution is 6.30. The molecule has 0 radical (unpaired) electrons. The summed E-state index contributed by atoms with van der Waals surface area (Å²) in [5.74, 6) is -1.78. The third-order valence-electron chi connectivity index (χ3n) is 6.84. The maximum Gasteiger partial charge on any atom is 0.337 e. The predicted octanol–water partition coefficient (Wildman–Crippen LogP) is 6.43. The Morgan fingerprint density at radius 2 is 1.79 bits per heavy atom. The molecule has 1 saturated heterocycles. The van der Waals surface area contributed by atoms with Gasteiger partial charge in [-0.05, 0) is 54.4 Å². The number of benzene rings is 3. The zero-order valence-corrected chi connectivity index (χ0v) is 23.9. The quantitative estimate of drug-likeness (QED) is 0.190. The molecule has 0 saturated carbocycles. The highest BCUT2D eigenvalue weighted by Crippen LogP contribution is 2.27. The number of hydrogen-bond donors (Lipinski definition) is 2. The molecule has 4 aromatic rings. The second-order valence-electron chi connectivity index (χ2n) is 9.83. The van der Waals surface area contributed by atoms with Crippen LogP contribution in [0.5, 0.6) is 5.88 Å². The molecular weight excluding hydrogens is 580 g/mol. The van der Waals surface area contributed by atoms with Gasteiger partial charge in [0, 0.05) is 35.4 Å². The zero-order valence-electron chi connectivity index (χ0n) is 23.2. The summed E-state index contributed by atoms with van der Waals surface area (Å²) in [6, 6.07) is 18.5. The monoisotopic (exact) mass is 607 g/mol. The van der Waals surface area contributed by atoms with Gasteiger partial charge in [0.25, 0.3) is 0 Å². The van der Waals surface area contributed by atoms with Crippen LogP contribution in [0, 0.1) is 11.6 Å². The molecule has 3 aromatic carbocycles. The van der Waals surface area contributed by atoms with Gasteiger partial charge in [0.1, 0.15) is 18.2 Å². The third-order valence-corrected chi connectivity index (χ3v) is 7.08. The van der Waals surface area contributed by atoms with Gasteiger partial charge in [-0.15, -0.1) is 0 Å². The first-order chi connectivity index (χ1) is 20.8. The predicted molar refractivity (Wildman–Crippen MR) is 158 cm³/mol. The Hall–Kier alpha value is -4.54. The smallest absolute Gasteiger partial charge is 0.337 e. The molecule has 222 valence electrons. The van der Waals surface area contributed by atoms with Crippen molar-refractivity contribution in [1.82, 2.24) is 4.98 Å². The van der Waals surface area contributed by atoms with Gasteiger partial charge < -0.3 is 24.8 Å². The number of esters is 1. The van der Waals surface area contributed by atoms with Crippen molar-refractivity contribution in [3.63, 3.8) is 0 Å². The summed E-state index contributed by atoms with van der Waals surface area (Å²) in [6.07, 6.45) is 0.738. The molecule has 1 amide bonds. The molecule has 43 heavy (non-hydrogen) atoms. The van der Waals surface area contributed by atoms with Gasteiger partial charge in [-0.25, -0.2) is 18.6 Å². The van der Waals surface area contributed by atoms with Gasteiger partial charge in [-0.1, -0.05) is 35.9 Å². The summed E-state index contributed by atoms with van der Waals surface area (Å²) in [4.78, 5) is 29.3. The SMILES string of the molecule is COC(=O)c1ccc(NC(=O)Cc2ccc(-c3cccc(OCc4ccc(Cl)cc4F)n3)cc2F)c(NC[C@@H]2CCO2)c1. The molecule has 1 fully saturated rings. The maximum absolute atomic E-state index is 15.1. The largest absolute Gasteiger partial charge is 0.473 e. The number of pyridine rings is 1. The number of amides is 1. The van der Waals surface area contributed by atoms with E-state index < -0.39 is 23.5 Å². The standard InChI is InChI=1S/C32H28ClF2N3O5/c1-41-32(40)21-8-10-28(29(14-21)36-17-24-11-12-42-24)37-30(39)15-19-5-6-20(13-25(19)34)27-3-2-4-31(38-27)43-18-22-7-9-23(33)16-26(22)35/h2-10,13-14,16,24,36H,11-12,15,17-18H2,1H3,(H,37,39)/t24-/m0/s1. The second kappa shape index (κ2) is 13.6. The number of hydrogen-bond acceptors (Lipinski definition) is 7. The molecule has 1 aliphatic heterocycles. The van der Waals surface area contributed by atoms with E-state index in [-0.39, 0.29) is 35.6 Å². The van der Waals surface area contributed by atoms with E-state index in [0.29, 0.717) is 46.9 Å². The van der Waals surface area contributed by atoms with Gasteiger partial charge in [0.05, 0.1) is 42.3 Å². The Bertz CT molecular complexity index is 1650. The Labute approximate surface area is 251 Å². The average Bonchev–Trinajstić information content (AvgIpc) is 2.97. The Kier molecular flexibility index (Phi) is 9.48. The van der Waals surface area contributed by atoms with Crippen LogP contribution in [-0.2, 0) is 27.3 Å². The van der Waals surface area contributed by atoms with E-state index in [9.17, 15) is 14.0 Å². The van der Waals surface area contributed by atoms with Crippen LogP contribution >= 0.6 is 11.6 Å². The van der Waals surface area contributed by atoms with Gasteiger partial charge in [-0.3, -0.25) is 4.79 Å². The summed E-state index contributed by atoms with van der Waals surface area (Å²) >= 11 is 5.80. The normalized spacial score (nSPS) is 14.0. The molecule has 1 atom stereocenters. The van der Waals surface area contributed by atoms with Gasteiger partial charge in [0.15, 0.2) is 0 Å². The van der Waals surface area contributed by atoms with Crippen LogP contribution in [0.25, 0.3) is 11.3 Å². The number of aromatic nitrogens is 1. The number of halogens is 3. The number of methoxy groups -OCH3 is 1. The lowest BCUT2D eigenvalue weighted by atomic mass is 10.0. The Balaban J connectivity index is 1.24. The molecule has 0 spiro atoms. The maximum atomic E-state index is 15.1. The molecule has 5 rings (SSSR count). The fourth-order valence-corrected chi connectivity index (χ4v) is 4.54. The van der Waals surface area contributed by atoms with E-state index >= 15 is 4.39 Å². The van der Waals surface area contributed by atoms with Crippen molar-refractivity contribution in [2.75, 3.05) is 30.9 Å². The van der Waals surface area contributed by atoms with E-state index in [2.05, 4.69) is 15.6 Å². The summed E-state index contributed by atoms with van der Waals surface area (Å²) < 4.78 is 45.1. The van der Waals surface area contributed by atoms with E-state index in [0.717, 1.165) is 6.42 Å². The fraction of sp³-hybridized carbons (Fsp3) is 0.219. The van der Waals surface area contributed by atoms with E-state index in [4.69, 9.17) is 25.8 Å². The van der Waals surface area contributed by atoms with Crippen LogP contribution in [0.3, 0.4) is 0 Å². The van der Waals surface area contributed by atoms with E-state index in [1.54, 1.807) is 48.5 Å². The number of nitrogens with zero attached hydrogens (tertiary/aromatic N) is 1. The van der Waals surface area contributed by atoms with Gasteiger partial charge in [0.2, 0.25) is 11.8 Å². The summed E-state index contributed by atoms with van der Waals surface area (Å²) in [5, 5.41) is 6.29. The van der Waals surface area contributed by atoms with Crippen molar-refractivity contribution in [2.24, 2.45) is 0 Å². The number of nitrogens with one attached hydrogen (secondary N) is 2. The number of ether oxygens (including phenoxy) is 3. The molecule has 8 nitrogen and oxygen atoms in total. The third kappa shape index (κ3) is 7.65. The molecular formula is C32H28ClF2N3O5. The first kappa shape index (κ1) is 29.9. The second-order valence-corrected chi connectivity index (χ2v) is 10.3. The molecule has 0 bridgehead atoms. The van der Waals surface area contributed by atoms with Crippen LogP contribution in [0.4, 0.5) is 20.2 Å². The summed E-state index contributed by atoms with van der Waals surface area (Å²) in [7, 11) is 1.29. The average molecular weight is 608 g/mol. The molecule has 11 heteroatoms. The topological polar surface area (TPSA) is 98.8 Å². The fourth-order valence-electron chi connectivity index (χ4n) is 4.38. The minimum absolute atomic E-state index is 0.0474. The van der Waals surface area contributed by atoms with Crippen molar-refractivity contribution in [1.29, 1.82) is 0 Å². The summed E-state index contributed by atoms with van der Waals surface area (Å²) in [6.45, 7) is 1.14. The molecule has 0 unspecified atom stereocenters. The number of carbonyl (C=O) groups excluding carboxylic acids is 2. The lowest BCUT2D eigenvalue weighted by Gasteiger charge is -2.27. The van der Waals surface area contributed by atoms with Crippen LogP contribution in [-0.4, -0.2) is 43.2 Å². The highest BCUT2D eigenvalue weighted by Gasteiger charge is 2.20. The minimum Gasteiger partial charge on any atom is -0.473 e. The van der Waals surface area contributed by atoms with Crippen LogP contribution < -0.4 is 15.4 Å². The zero-order chi connectivity index (χ0) is 30.3. The molecule has 0 aliphatic carbocycles. The molecule has 2 N–H and O–H groups in total. The van der Waals surface area contributed by atoms with Crippen LogP contribution in [0.2, 0.25) is 5.02 Å². The summed E-state index contributed by atoms with van der Waals surface area (Å²) in [5.41, 5.74) is 2.71. The van der Waals surface area contributed by atoms with E-state index in [1.165, 1.54) is 31.4 Å². The van der Waals surface area contributed by atoms with Crippen LogP contribution in [0.1, 0.15) is 27.9 Å². The molecule has 1 aromatic heterocycles. The van der Waals surface area contributed by atoms with E-state index in [1.807, 2.05) is 0 Å². The molecule has 2 heterocycles. The van der Waals surface area contributed by atoms with Gasteiger partial charge in [-0.2, -0.15) is 0 Å². The molecule has 1 aliphatic rings. The number of anilines is 2. The minimum atomic E-state index is -0.578. The number of rotatable bonds is 11. The Morgan fingerprint density at radius 3 is 2.51 bits per heavy atom.